The van der Waals surface area contributed by atoms with E-state index in [-0.39, 0.29) is 23.5 Å². The number of β-amino-alcohol motifs (C(OH)–C–C–N with tert-alkyl or cyclic N) is 1. The summed E-state index contributed by atoms with van der Waals surface area (Å²) in [6.07, 6.45) is -1.86. The van der Waals surface area contributed by atoms with Crippen LogP contribution in [0, 0.1) is 17.1 Å². The molecule has 1 aliphatic heterocycles. The van der Waals surface area contributed by atoms with Crippen molar-refractivity contribution in [1.82, 2.24) is 5.32 Å². The monoisotopic (exact) mass is 294 g/mol. The van der Waals surface area contributed by atoms with E-state index in [4.69, 9.17) is 16.1 Å². The van der Waals surface area contributed by atoms with E-state index < -0.39 is 24.1 Å². The average Bonchev–Trinajstić information content (AvgIpc) is 2.43. The minimum atomic E-state index is -1.21. The summed E-state index contributed by atoms with van der Waals surface area (Å²) in [7, 11) is 0. The highest BCUT2D eigenvalue weighted by Crippen LogP contribution is 2.28. The molecule has 7 nitrogen and oxygen atoms in total. The molecule has 1 heterocycles. The Kier molecular flexibility index (Phi) is 4.14. The van der Waals surface area contributed by atoms with Gasteiger partial charge in [0.1, 0.15) is 0 Å². The van der Waals surface area contributed by atoms with Crippen molar-refractivity contribution in [2.24, 2.45) is 0 Å². The van der Waals surface area contributed by atoms with E-state index in [9.17, 15) is 14.3 Å². The number of nitrogen functional groups attached to an aromatic ring is 1. The van der Waals surface area contributed by atoms with Gasteiger partial charge in [-0.05, 0) is 18.6 Å². The van der Waals surface area contributed by atoms with Crippen molar-refractivity contribution in [1.29, 1.82) is 5.26 Å². The predicted octanol–water partition coefficient (Wildman–Crippen LogP) is 0.487. The largest absolute Gasteiger partial charge is 0.465 e. The van der Waals surface area contributed by atoms with Crippen LogP contribution in [-0.2, 0) is 0 Å². The van der Waals surface area contributed by atoms with Gasteiger partial charge in [-0.15, -0.1) is 0 Å². The second-order valence-corrected chi connectivity index (χ2v) is 4.87. The highest BCUT2D eigenvalue weighted by Gasteiger charge is 2.30. The average molecular weight is 294 g/mol. The molecule has 0 saturated carbocycles. The Morgan fingerprint density at radius 3 is 2.86 bits per heavy atom. The van der Waals surface area contributed by atoms with Gasteiger partial charge in [0, 0.05) is 13.1 Å². The molecule has 1 amide bonds. The molecular formula is C13H15FN4O3. The lowest BCUT2D eigenvalue weighted by Crippen LogP contribution is -2.54. The number of halogens is 1. The molecule has 2 rings (SSSR count). The zero-order valence-corrected chi connectivity index (χ0v) is 11.1. The number of benzene rings is 1. The Morgan fingerprint density at radius 1 is 1.57 bits per heavy atom. The third-order valence-corrected chi connectivity index (χ3v) is 3.44. The van der Waals surface area contributed by atoms with Gasteiger partial charge in [0.05, 0.1) is 35.2 Å². The van der Waals surface area contributed by atoms with Crippen LogP contribution in [0.5, 0.6) is 0 Å². The van der Waals surface area contributed by atoms with Crippen molar-refractivity contribution in [3.05, 3.63) is 23.5 Å². The van der Waals surface area contributed by atoms with E-state index >= 15 is 0 Å². The zero-order valence-electron chi connectivity index (χ0n) is 11.1. The maximum absolute atomic E-state index is 14.1. The normalized spacial score (nSPS) is 21.7. The molecule has 5 N–H and O–H groups in total. The van der Waals surface area contributed by atoms with E-state index in [1.807, 2.05) is 6.07 Å². The van der Waals surface area contributed by atoms with Crippen LogP contribution in [0.3, 0.4) is 0 Å². The van der Waals surface area contributed by atoms with Gasteiger partial charge in [0.15, 0.2) is 5.82 Å². The molecule has 1 aromatic rings. The summed E-state index contributed by atoms with van der Waals surface area (Å²) in [6.45, 7) is 0.392. The molecule has 2 atom stereocenters. The number of amides is 1. The summed E-state index contributed by atoms with van der Waals surface area (Å²) >= 11 is 0. The van der Waals surface area contributed by atoms with Crippen molar-refractivity contribution in [3.8, 4) is 6.07 Å². The quantitative estimate of drug-likeness (QED) is 0.589. The number of piperidine rings is 1. The van der Waals surface area contributed by atoms with Crippen molar-refractivity contribution >= 4 is 17.5 Å². The highest BCUT2D eigenvalue weighted by molar-refractivity contribution is 5.65. The predicted molar refractivity (Wildman–Crippen MR) is 73.3 cm³/mol. The lowest BCUT2D eigenvalue weighted by atomic mass is 10.0. The second kappa shape index (κ2) is 5.85. The third kappa shape index (κ3) is 3.14. The molecule has 0 unspecified atom stereocenters. The molecule has 8 heteroatoms. The number of nitrogens with zero attached hydrogens (tertiary/aromatic N) is 2. The molecule has 21 heavy (non-hydrogen) atoms. The van der Waals surface area contributed by atoms with Gasteiger partial charge in [-0.3, -0.25) is 0 Å². The van der Waals surface area contributed by atoms with Gasteiger partial charge in [-0.1, -0.05) is 0 Å². The fourth-order valence-electron chi connectivity index (χ4n) is 2.40. The van der Waals surface area contributed by atoms with Crippen LogP contribution in [0.2, 0.25) is 0 Å². The van der Waals surface area contributed by atoms with Gasteiger partial charge in [-0.25, -0.2) is 9.18 Å². The molecule has 0 radical (unpaired) electrons. The minimum absolute atomic E-state index is 0.0518. The molecule has 0 bridgehead atoms. The Morgan fingerprint density at radius 2 is 2.29 bits per heavy atom. The van der Waals surface area contributed by atoms with E-state index in [0.29, 0.717) is 13.0 Å². The maximum atomic E-state index is 14.1. The standard InChI is InChI=1S/C13H15FN4O3/c14-12-8(16)3-7(5-15)4-10(12)18-2-1-9(11(19)6-18)17-13(20)21/h3-4,9,11,17,19H,1-2,6,16H2,(H,20,21)/t9-,11-/m1/s1. The topological polar surface area (TPSA) is 123 Å². The smallest absolute Gasteiger partial charge is 0.404 e. The first-order valence-corrected chi connectivity index (χ1v) is 6.34. The number of aliphatic hydroxyl groups is 1. The number of aliphatic hydroxyl groups excluding tert-OH is 1. The number of hydrogen-bond acceptors (Lipinski definition) is 5. The van der Waals surface area contributed by atoms with Crippen LogP contribution < -0.4 is 16.0 Å². The maximum Gasteiger partial charge on any atom is 0.404 e. The molecule has 1 fully saturated rings. The summed E-state index contributed by atoms with van der Waals surface area (Å²) in [5, 5.41) is 29.7. The first-order valence-electron chi connectivity index (χ1n) is 6.34. The minimum Gasteiger partial charge on any atom is -0.465 e. The van der Waals surface area contributed by atoms with Crippen LogP contribution in [0.25, 0.3) is 0 Å². The molecule has 1 saturated heterocycles. The van der Waals surface area contributed by atoms with Gasteiger partial charge in [-0.2, -0.15) is 5.26 Å². The SMILES string of the molecule is N#Cc1cc(N)c(F)c(N2CC[C@@H](NC(=O)O)[C@H](O)C2)c1. The Balaban J connectivity index is 2.20. The first kappa shape index (κ1) is 14.9. The Hall–Kier alpha value is -2.53. The van der Waals surface area contributed by atoms with Crippen LogP contribution in [0.1, 0.15) is 12.0 Å². The number of carbonyl (C=O) groups is 1. The lowest BCUT2D eigenvalue weighted by molar-refractivity contribution is 0.108. The van der Waals surface area contributed by atoms with Crippen molar-refractivity contribution in [3.63, 3.8) is 0 Å². The van der Waals surface area contributed by atoms with E-state index in [1.54, 1.807) is 4.90 Å². The summed E-state index contributed by atoms with van der Waals surface area (Å²) < 4.78 is 14.1. The third-order valence-electron chi connectivity index (χ3n) is 3.44. The van der Waals surface area contributed by atoms with Gasteiger partial charge >= 0.3 is 6.09 Å². The summed E-state index contributed by atoms with van der Waals surface area (Å²) in [5.74, 6) is -0.647. The van der Waals surface area contributed by atoms with Crippen LogP contribution in [-0.4, -0.2) is 41.5 Å². The van der Waals surface area contributed by atoms with Crippen LogP contribution in [0.4, 0.5) is 20.6 Å². The van der Waals surface area contributed by atoms with Crippen LogP contribution >= 0.6 is 0 Å². The molecule has 0 spiro atoms. The van der Waals surface area contributed by atoms with Crippen molar-refractivity contribution in [2.75, 3.05) is 23.7 Å². The van der Waals surface area contributed by atoms with E-state index in [0.717, 1.165) is 0 Å². The molecule has 0 aliphatic carbocycles. The van der Waals surface area contributed by atoms with E-state index in [1.165, 1.54) is 12.1 Å². The number of carboxylic acid groups (broad SMARTS) is 1. The number of hydrogen-bond donors (Lipinski definition) is 4. The Labute approximate surface area is 120 Å². The van der Waals surface area contributed by atoms with Crippen molar-refractivity contribution < 1.29 is 19.4 Å². The number of nitrogens with one attached hydrogen (secondary N) is 1. The number of nitriles is 1. The molecule has 0 aromatic heterocycles. The van der Waals surface area contributed by atoms with E-state index in [2.05, 4.69) is 5.32 Å². The van der Waals surface area contributed by atoms with Gasteiger partial charge < -0.3 is 26.2 Å². The lowest BCUT2D eigenvalue weighted by Gasteiger charge is -2.37. The molecular weight excluding hydrogens is 279 g/mol. The van der Waals surface area contributed by atoms with Crippen molar-refractivity contribution in [2.45, 2.75) is 18.6 Å². The van der Waals surface area contributed by atoms with Crippen LogP contribution in [0.15, 0.2) is 12.1 Å². The molecule has 1 aliphatic rings. The Bertz CT molecular complexity index is 602. The fraction of sp³-hybridized carbons (Fsp3) is 0.385. The summed E-state index contributed by atoms with van der Waals surface area (Å²) in [4.78, 5) is 12.2. The first-order chi connectivity index (χ1) is 9.92. The zero-order chi connectivity index (χ0) is 15.6. The van der Waals surface area contributed by atoms with Gasteiger partial charge in [0.2, 0.25) is 0 Å². The summed E-state index contributed by atoms with van der Waals surface area (Å²) in [6, 6.07) is 3.90. The number of nitrogens with two attached hydrogens (primary N) is 1. The second-order valence-electron chi connectivity index (χ2n) is 4.87. The highest BCUT2D eigenvalue weighted by atomic mass is 19.1. The number of rotatable bonds is 2. The molecule has 112 valence electrons. The number of anilines is 2. The summed E-state index contributed by atoms with van der Waals surface area (Å²) in [5.41, 5.74) is 5.76. The fourth-order valence-corrected chi connectivity index (χ4v) is 2.40. The molecule has 1 aromatic carbocycles. The van der Waals surface area contributed by atoms with Gasteiger partial charge in [0.25, 0.3) is 0 Å².